The van der Waals surface area contributed by atoms with Crippen LogP contribution in [0.3, 0.4) is 0 Å². The Morgan fingerprint density at radius 2 is 2.13 bits per heavy atom. The lowest BCUT2D eigenvalue weighted by molar-refractivity contribution is 0.0972. The van der Waals surface area contributed by atoms with Crippen molar-refractivity contribution in [3.05, 3.63) is 23.7 Å². The van der Waals surface area contributed by atoms with Crippen molar-refractivity contribution in [3.63, 3.8) is 0 Å². The van der Waals surface area contributed by atoms with Gasteiger partial charge in [0, 0.05) is 13.1 Å². The van der Waals surface area contributed by atoms with Gasteiger partial charge in [-0.25, -0.2) is 0 Å². The van der Waals surface area contributed by atoms with E-state index in [-0.39, 0.29) is 5.76 Å². The van der Waals surface area contributed by atoms with Crippen molar-refractivity contribution in [2.75, 3.05) is 7.05 Å². The first-order valence-electron chi connectivity index (χ1n) is 8.51. The quantitative estimate of drug-likeness (QED) is 0.585. The maximum Gasteiger partial charge on any atom is 0.284 e. The zero-order valence-corrected chi connectivity index (χ0v) is 13.7. The highest BCUT2D eigenvalue weighted by atomic mass is 16.3. The Morgan fingerprint density at radius 1 is 1.30 bits per heavy atom. The van der Waals surface area contributed by atoms with Crippen LogP contribution in [-0.4, -0.2) is 25.0 Å². The molecule has 3 atom stereocenters. The third-order valence-electron chi connectivity index (χ3n) is 5.19. The highest BCUT2D eigenvalue weighted by molar-refractivity contribution is 5.89. The van der Waals surface area contributed by atoms with E-state index in [1.54, 1.807) is 19.2 Å². The first-order valence-corrected chi connectivity index (χ1v) is 8.51. The molecule has 1 aromatic heterocycles. The van der Waals surface area contributed by atoms with Crippen LogP contribution in [-0.2, 0) is 6.54 Å². The maximum atomic E-state index is 11.0. The van der Waals surface area contributed by atoms with Crippen molar-refractivity contribution >= 4 is 11.9 Å². The highest BCUT2D eigenvalue weighted by Crippen LogP contribution is 2.41. The summed E-state index contributed by atoms with van der Waals surface area (Å²) in [6, 6.07) is 3.85. The van der Waals surface area contributed by atoms with Crippen molar-refractivity contribution < 1.29 is 9.21 Å². The number of nitrogens with two attached hydrogens (primary N) is 1. The molecular weight excluding hydrogens is 292 g/mol. The van der Waals surface area contributed by atoms with E-state index < -0.39 is 5.91 Å². The summed E-state index contributed by atoms with van der Waals surface area (Å²) in [7, 11) is 1.77. The molecule has 0 saturated heterocycles. The number of nitrogens with zero attached hydrogens (tertiary/aromatic N) is 1. The van der Waals surface area contributed by atoms with Gasteiger partial charge in [-0.15, -0.1) is 0 Å². The van der Waals surface area contributed by atoms with Crippen LogP contribution in [0.15, 0.2) is 21.5 Å². The first-order chi connectivity index (χ1) is 11.2. The van der Waals surface area contributed by atoms with E-state index in [0.29, 0.717) is 18.3 Å². The average Bonchev–Trinajstić information content (AvgIpc) is 3.19. The SMILES string of the molecule is CN=C(NCc1ccc(C(N)=O)o1)NC1CCC2CCCC2C1. The molecule has 2 saturated carbocycles. The van der Waals surface area contributed by atoms with E-state index >= 15 is 0 Å². The predicted molar refractivity (Wildman–Crippen MR) is 89.0 cm³/mol. The second-order valence-corrected chi connectivity index (χ2v) is 6.66. The fourth-order valence-electron chi connectivity index (χ4n) is 4.00. The molecule has 0 aromatic carbocycles. The van der Waals surface area contributed by atoms with Crippen LogP contribution in [0.1, 0.15) is 54.8 Å². The van der Waals surface area contributed by atoms with Crippen molar-refractivity contribution in [3.8, 4) is 0 Å². The summed E-state index contributed by atoms with van der Waals surface area (Å²) in [6.07, 6.45) is 8.00. The van der Waals surface area contributed by atoms with Crippen molar-refractivity contribution in [2.24, 2.45) is 22.6 Å². The van der Waals surface area contributed by atoms with Gasteiger partial charge in [0.1, 0.15) is 5.76 Å². The predicted octanol–water partition coefficient (Wildman–Crippen LogP) is 2.01. The maximum absolute atomic E-state index is 11.0. The van der Waals surface area contributed by atoms with Gasteiger partial charge >= 0.3 is 0 Å². The van der Waals surface area contributed by atoms with Gasteiger partial charge in [0.25, 0.3) is 5.91 Å². The molecule has 4 N–H and O–H groups in total. The Balaban J connectivity index is 1.49. The topological polar surface area (TPSA) is 92.6 Å². The van der Waals surface area contributed by atoms with Gasteiger partial charge < -0.3 is 20.8 Å². The molecule has 1 amide bonds. The van der Waals surface area contributed by atoms with Gasteiger partial charge in [-0.3, -0.25) is 9.79 Å². The molecule has 2 fully saturated rings. The van der Waals surface area contributed by atoms with E-state index in [1.807, 2.05) is 0 Å². The van der Waals surface area contributed by atoms with Gasteiger partial charge in [-0.2, -0.15) is 0 Å². The molecule has 3 unspecified atom stereocenters. The fraction of sp³-hybridized carbons (Fsp3) is 0.647. The van der Waals surface area contributed by atoms with Gasteiger partial charge in [0.05, 0.1) is 6.54 Å². The second-order valence-electron chi connectivity index (χ2n) is 6.66. The number of guanidine groups is 1. The number of fused-ring (bicyclic) bond motifs is 1. The summed E-state index contributed by atoms with van der Waals surface area (Å²) in [5.41, 5.74) is 5.19. The lowest BCUT2D eigenvalue weighted by Gasteiger charge is -2.33. The number of aliphatic imine (C=N–C) groups is 1. The number of nitrogens with one attached hydrogen (secondary N) is 2. The largest absolute Gasteiger partial charge is 0.454 e. The second kappa shape index (κ2) is 7.06. The molecule has 0 aliphatic heterocycles. The molecule has 23 heavy (non-hydrogen) atoms. The normalized spacial score (nSPS) is 27.5. The van der Waals surface area contributed by atoms with Gasteiger partial charge in [0.15, 0.2) is 11.7 Å². The van der Waals surface area contributed by atoms with Crippen LogP contribution >= 0.6 is 0 Å². The summed E-state index contributed by atoms with van der Waals surface area (Å²) < 4.78 is 5.37. The Kier molecular flexibility index (Phi) is 4.88. The zero-order chi connectivity index (χ0) is 16.2. The third-order valence-corrected chi connectivity index (χ3v) is 5.19. The average molecular weight is 318 g/mol. The van der Waals surface area contributed by atoms with E-state index in [0.717, 1.165) is 17.8 Å². The van der Waals surface area contributed by atoms with E-state index in [9.17, 15) is 4.79 Å². The Bertz CT molecular complexity index is 581. The molecule has 0 radical (unpaired) electrons. The monoisotopic (exact) mass is 318 g/mol. The standard InChI is InChI=1S/C17H26N4O2/c1-19-17(20-10-14-7-8-15(23-14)16(18)22)21-13-6-5-11-3-2-4-12(11)9-13/h7-8,11-13H,2-6,9-10H2,1H3,(H2,18,22)(H2,19,20,21). The smallest absolute Gasteiger partial charge is 0.284 e. The minimum absolute atomic E-state index is 0.185. The summed E-state index contributed by atoms with van der Waals surface area (Å²) >= 11 is 0. The van der Waals surface area contributed by atoms with Crippen molar-refractivity contribution in [2.45, 2.75) is 51.1 Å². The third kappa shape index (κ3) is 3.86. The van der Waals surface area contributed by atoms with Gasteiger partial charge in [0.2, 0.25) is 0 Å². The van der Waals surface area contributed by atoms with Crippen LogP contribution in [0.4, 0.5) is 0 Å². The molecule has 2 aliphatic rings. The van der Waals surface area contributed by atoms with Crippen molar-refractivity contribution in [1.29, 1.82) is 0 Å². The van der Waals surface area contributed by atoms with E-state index in [4.69, 9.17) is 10.2 Å². The number of carbonyl (C=O) groups excluding carboxylic acids is 1. The Labute approximate surface area is 136 Å². The minimum Gasteiger partial charge on any atom is -0.454 e. The Hall–Kier alpha value is -1.98. The van der Waals surface area contributed by atoms with Crippen LogP contribution < -0.4 is 16.4 Å². The number of furan rings is 1. The summed E-state index contributed by atoms with van der Waals surface area (Å²) in [4.78, 5) is 15.3. The summed E-state index contributed by atoms with van der Waals surface area (Å²) in [6.45, 7) is 0.478. The summed E-state index contributed by atoms with van der Waals surface area (Å²) in [5, 5.41) is 6.76. The fourth-order valence-corrected chi connectivity index (χ4v) is 4.00. The molecule has 6 heteroatoms. The van der Waals surface area contributed by atoms with E-state index in [2.05, 4.69) is 15.6 Å². The molecule has 0 bridgehead atoms. The molecule has 3 rings (SSSR count). The molecule has 126 valence electrons. The van der Waals surface area contributed by atoms with Crippen LogP contribution in [0.5, 0.6) is 0 Å². The van der Waals surface area contributed by atoms with Crippen LogP contribution in [0.2, 0.25) is 0 Å². The van der Waals surface area contributed by atoms with Crippen LogP contribution in [0.25, 0.3) is 0 Å². The highest BCUT2D eigenvalue weighted by Gasteiger charge is 2.33. The number of primary amides is 1. The lowest BCUT2D eigenvalue weighted by Crippen LogP contribution is -2.45. The minimum atomic E-state index is -0.549. The van der Waals surface area contributed by atoms with Gasteiger partial charge in [-0.05, 0) is 43.2 Å². The molecule has 0 spiro atoms. The number of rotatable bonds is 4. The molecular formula is C17H26N4O2. The number of amides is 1. The molecule has 2 aliphatic carbocycles. The van der Waals surface area contributed by atoms with Crippen molar-refractivity contribution in [1.82, 2.24) is 10.6 Å². The number of hydrogen-bond acceptors (Lipinski definition) is 3. The lowest BCUT2D eigenvalue weighted by atomic mass is 9.79. The first kappa shape index (κ1) is 15.9. The van der Waals surface area contributed by atoms with Crippen LogP contribution in [0, 0.1) is 11.8 Å². The molecule has 6 nitrogen and oxygen atoms in total. The van der Waals surface area contributed by atoms with E-state index in [1.165, 1.54) is 38.5 Å². The Morgan fingerprint density at radius 3 is 2.87 bits per heavy atom. The molecule has 1 heterocycles. The number of hydrogen-bond donors (Lipinski definition) is 3. The zero-order valence-electron chi connectivity index (χ0n) is 13.7. The van der Waals surface area contributed by atoms with Gasteiger partial charge in [-0.1, -0.05) is 19.3 Å². The molecule has 1 aromatic rings. The summed E-state index contributed by atoms with van der Waals surface area (Å²) in [5.74, 6) is 2.93. The number of carbonyl (C=O) groups is 1.